The molecule has 1 heterocycles. The van der Waals surface area contributed by atoms with Crippen LogP contribution < -0.4 is 0 Å². The van der Waals surface area contributed by atoms with Gasteiger partial charge >= 0.3 is 0 Å². The van der Waals surface area contributed by atoms with Crippen molar-refractivity contribution in [2.75, 3.05) is 13.2 Å². The third kappa shape index (κ3) is 1.59. The Labute approximate surface area is 89.2 Å². The molecule has 0 radical (unpaired) electrons. The number of hydrogen-bond donors (Lipinski definition) is 0. The van der Waals surface area contributed by atoms with E-state index in [1.54, 1.807) is 0 Å². The Morgan fingerprint density at radius 1 is 1.13 bits per heavy atom. The fourth-order valence-corrected chi connectivity index (χ4v) is 2.59. The smallest absolute Gasteiger partial charge is 0.164 e. The van der Waals surface area contributed by atoms with Crippen LogP contribution in [0.25, 0.3) is 0 Å². The third-order valence-electron chi connectivity index (χ3n) is 3.54. The topological polar surface area (TPSA) is 26.3 Å². The van der Waals surface area contributed by atoms with Crippen LogP contribution in [0.15, 0.2) is 30.3 Å². The number of hydrogen-bond acceptors (Lipinski definition) is 2. The molecule has 78 valence electrons. The zero-order valence-corrected chi connectivity index (χ0v) is 8.56. The highest BCUT2D eigenvalue weighted by Crippen LogP contribution is 2.52. The van der Waals surface area contributed by atoms with Crippen molar-refractivity contribution in [1.29, 1.82) is 0 Å². The molecular formula is C13H14O2. The summed E-state index contributed by atoms with van der Waals surface area (Å²) < 4.78 is 5.21. The molecule has 0 N–H and O–H groups in total. The van der Waals surface area contributed by atoms with Crippen LogP contribution in [0.5, 0.6) is 0 Å². The second-order valence-electron chi connectivity index (χ2n) is 4.50. The van der Waals surface area contributed by atoms with Crippen molar-refractivity contribution in [3.8, 4) is 0 Å². The Bertz CT molecular complexity index is 371. The zero-order chi connectivity index (χ0) is 10.3. The molecule has 1 saturated heterocycles. The maximum atomic E-state index is 11.5. The second kappa shape index (κ2) is 3.46. The third-order valence-corrected chi connectivity index (χ3v) is 3.54. The van der Waals surface area contributed by atoms with Crippen molar-refractivity contribution in [2.45, 2.75) is 12.3 Å². The minimum absolute atomic E-state index is 0.176. The molecule has 2 fully saturated rings. The Kier molecular flexibility index (Phi) is 2.10. The van der Waals surface area contributed by atoms with Gasteiger partial charge in [-0.1, -0.05) is 30.3 Å². The Morgan fingerprint density at radius 2 is 1.93 bits per heavy atom. The van der Waals surface area contributed by atoms with Crippen molar-refractivity contribution in [3.63, 3.8) is 0 Å². The Balaban J connectivity index is 1.72. The number of carbonyl (C=O) groups excluding carboxylic acids is 1. The molecule has 0 bridgehead atoms. The molecule has 1 aliphatic heterocycles. The number of rotatable bonds is 2. The van der Waals surface area contributed by atoms with Gasteiger partial charge in [0.2, 0.25) is 0 Å². The van der Waals surface area contributed by atoms with Gasteiger partial charge in [0.05, 0.1) is 6.61 Å². The summed E-state index contributed by atoms with van der Waals surface area (Å²) in [6.45, 7) is 0.982. The van der Waals surface area contributed by atoms with Crippen molar-refractivity contribution >= 4 is 5.78 Å². The summed E-state index contributed by atoms with van der Waals surface area (Å²) in [4.78, 5) is 11.5. The molecule has 0 aromatic heterocycles. The van der Waals surface area contributed by atoms with Crippen LogP contribution in [0.3, 0.4) is 0 Å². The zero-order valence-electron chi connectivity index (χ0n) is 8.56. The highest BCUT2D eigenvalue weighted by Gasteiger charge is 2.48. The van der Waals surface area contributed by atoms with E-state index >= 15 is 0 Å². The number of Topliss-reactive ketones (excluding diaryl/α,β-unsaturated/α-hetero) is 1. The van der Waals surface area contributed by atoms with Gasteiger partial charge < -0.3 is 4.74 Å². The predicted molar refractivity (Wildman–Crippen MR) is 56.6 cm³/mol. The molecule has 1 aromatic carbocycles. The standard InChI is InChI=1S/C13H14O2/c14-13-8-15-7-12(13)11-6-10(11)9-4-2-1-3-5-9/h1-5,10-12H,6-8H2. The van der Waals surface area contributed by atoms with Gasteiger partial charge in [-0.25, -0.2) is 0 Å². The van der Waals surface area contributed by atoms with E-state index < -0.39 is 0 Å². The molecule has 15 heavy (non-hydrogen) atoms. The lowest BCUT2D eigenvalue weighted by molar-refractivity contribution is -0.120. The van der Waals surface area contributed by atoms with Crippen LogP contribution in [0.1, 0.15) is 17.9 Å². The van der Waals surface area contributed by atoms with Crippen LogP contribution in [0.2, 0.25) is 0 Å². The summed E-state index contributed by atoms with van der Waals surface area (Å²) >= 11 is 0. The first kappa shape index (κ1) is 9.10. The van der Waals surface area contributed by atoms with E-state index in [0.29, 0.717) is 30.8 Å². The van der Waals surface area contributed by atoms with Gasteiger partial charge in [-0.3, -0.25) is 4.79 Å². The van der Waals surface area contributed by atoms with Gasteiger partial charge in [0.1, 0.15) is 6.61 Å². The molecule has 0 spiro atoms. The summed E-state index contributed by atoms with van der Waals surface area (Å²) in [6, 6.07) is 10.5. The van der Waals surface area contributed by atoms with Crippen LogP contribution >= 0.6 is 0 Å². The molecular weight excluding hydrogens is 188 g/mol. The van der Waals surface area contributed by atoms with Crippen LogP contribution in [-0.4, -0.2) is 19.0 Å². The fourth-order valence-electron chi connectivity index (χ4n) is 2.59. The van der Waals surface area contributed by atoms with Crippen molar-refractivity contribution in [3.05, 3.63) is 35.9 Å². The average molecular weight is 202 g/mol. The van der Waals surface area contributed by atoms with Crippen LogP contribution in [-0.2, 0) is 9.53 Å². The van der Waals surface area contributed by atoms with Crippen LogP contribution in [0, 0.1) is 11.8 Å². The summed E-state index contributed by atoms with van der Waals surface area (Å²) in [5.74, 6) is 1.62. The molecule has 1 saturated carbocycles. The SMILES string of the molecule is O=C1COCC1C1CC1c1ccccc1. The molecule has 1 aliphatic carbocycles. The number of carbonyl (C=O) groups is 1. The van der Waals surface area contributed by atoms with Crippen LogP contribution in [0.4, 0.5) is 0 Å². The van der Waals surface area contributed by atoms with Crippen molar-refractivity contribution in [2.24, 2.45) is 11.8 Å². The monoisotopic (exact) mass is 202 g/mol. The highest BCUT2D eigenvalue weighted by molar-refractivity contribution is 5.84. The largest absolute Gasteiger partial charge is 0.373 e. The summed E-state index contributed by atoms with van der Waals surface area (Å²) in [7, 11) is 0. The first-order valence-corrected chi connectivity index (χ1v) is 5.51. The van der Waals surface area contributed by atoms with Crippen molar-refractivity contribution in [1.82, 2.24) is 0 Å². The molecule has 1 aromatic rings. The second-order valence-corrected chi connectivity index (χ2v) is 4.50. The van der Waals surface area contributed by atoms with E-state index in [9.17, 15) is 4.79 Å². The van der Waals surface area contributed by atoms with Gasteiger partial charge in [0.15, 0.2) is 5.78 Å². The van der Waals surface area contributed by atoms with Gasteiger partial charge in [0.25, 0.3) is 0 Å². The summed E-state index contributed by atoms with van der Waals surface area (Å²) in [6.07, 6.45) is 1.16. The lowest BCUT2D eigenvalue weighted by atomic mass is 9.98. The van der Waals surface area contributed by atoms with Gasteiger partial charge in [-0.2, -0.15) is 0 Å². The lowest BCUT2D eigenvalue weighted by Gasteiger charge is -2.04. The minimum Gasteiger partial charge on any atom is -0.373 e. The maximum Gasteiger partial charge on any atom is 0.164 e. The number of benzene rings is 1. The molecule has 3 atom stereocenters. The normalized spacial score (nSPS) is 34.4. The maximum absolute atomic E-state index is 11.5. The minimum atomic E-state index is 0.176. The summed E-state index contributed by atoms with van der Waals surface area (Å²) in [5.41, 5.74) is 1.38. The first-order valence-electron chi connectivity index (χ1n) is 5.51. The Morgan fingerprint density at radius 3 is 2.60 bits per heavy atom. The average Bonchev–Trinajstić information content (AvgIpc) is 2.96. The van der Waals surface area contributed by atoms with E-state index in [-0.39, 0.29) is 5.92 Å². The van der Waals surface area contributed by atoms with E-state index in [0.717, 1.165) is 6.42 Å². The first-order chi connectivity index (χ1) is 7.36. The molecule has 0 amide bonds. The van der Waals surface area contributed by atoms with Gasteiger partial charge in [-0.05, 0) is 23.8 Å². The fraction of sp³-hybridized carbons (Fsp3) is 0.462. The van der Waals surface area contributed by atoms with Gasteiger partial charge in [0, 0.05) is 5.92 Å². The predicted octanol–water partition coefficient (Wildman–Crippen LogP) is 2.01. The number of ketones is 1. The molecule has 3 unspecified atom stereocenters. The van der Waals surface area contributed by atoms with E-state index in [4.69, 9.17) is 4.74 Å². The quantitative estimate of drug-likeness (QED) is 0.733. The molecule has 3 rings (SSSR count). The number of ether oxygens (including phenoxy) is 1. The van der Waals surface area contributed by atoms with Gasteiger partial charge in [-0.15, -0.1) is 0 Å². The lowest BCUT2D eigenvalue weighted by Crippen LogP contribution is -2.14. The van der Waals surface area contributed by atoms with E-state index in [1.807, 2.05) is 6.07 Å². The van der Waals surface area contributed by atoms with E-state index in [1.165, 1.54) is 5.56 Å². The molecule has 2 heteroatoms. The molecule has 2 nitrogen and oxygen atoms in total. The van der Waals surface area contributed by atoms with E-state index in [2.05, 4.69) is 24.3 Å². The Hall–Kier alpha value is -1.15. The highest BCUT2D eigenvalue weighted by atomic mass is 16.5. The molecule has 2 aliphatic rings. The van der Waals surface area contributed by atoms with Crippen molar-refractivity contribution < 1.29 is 9.53 Å². The summed E-state index contributed by atoms with van der Waals surface area (Å²) in [5, 5.41) is 0.